The molecule has 0 bridgehead atoms. The van der Waals surface area contributed by atoms with Gasteiger partial charge in [-0.2, -0.15) is 0 Å². The number of carbonyl (C=O) groups excluding carboxylic acids is 2. The van der Waals surface area contributed by atoms with Gasteiger partial charge in [-0.1, -0.05) is 41.9 Å². The third kappa shape index (κ3) is 7.13. The molecule has 0 spiro atoms. The van der Waals surface area contributed by atoms with E-state index >= 15 is 0 Å². The summed E-state index contributed by atoms with van der Waals surface area (Å²) < 4.78 is 13.4. The summed E-state index contributed by atoms with van der Waals surface area (Å²) in [5.41, 5.74) is 1.23. The van der Waals surface area contributed by atoms with Gasteiger partial charge in [-0.25, -0.2) is 4.39 Å². The lowest BCUT2D eigenvalue weighted by atomic mass is 10.2. The second-order valence-electron chi connectivity index (χ2n) is 8.71. The van der Waals surface area contributed by atoms with E-state index in [1.165, 1.54) is 12.1 Å². The van der Waals surface area contributed by atoms with Crippen LogP contribution in [0.1, 0.15) is 33.6 Å². The third-order valence-electron chi connectivity index (χ3n) is 6.17. The van der Waals surface area contributed by atoms with Crippen molar-refractivity contribution in [3.8, 4) is 0 Å². The Labute approximate surface area is 214 Å². The molecule has 0 N–H and O–H groups in total. The minimum Gasteiger partial charge on any atom is -0.332 e. The summed E-state index contributed by atoms with van der Waals surface area (Å²) in [5.74, 6) is -0.728. The van der Waals surface area contributed by atoms with Crippen molar-refractivity contribution in [1.82, 2.24) is 14.7 Å². The van der Waals surface area contributed by atoms with E-state index < -0.39 is 0 Å². The molecule has 5 nitrogen and oxygen atoms in total. The molecule has 3 aromatic rings. The highest BCUT2D eigenvalue weighted by molar-refractivity contribution is 7.09. The van der Waals surface area contributed by atoms with Gasteiger partial charge in [0.2, 0.25) is 5.91 Å². The van der Waals surface area contributed by atoms with Gasteiger partial charge in [0.05, 0.1) is 17.1 Å². The Balaban J connectivity index is 1.53. The molecule has 0 atom stereocenters. The molecule has 2 aromatic carbocycles. The van der Waals surface area contributed by atoms with E-state index in [1.807, 2.05) is 17.5 Å². The number of halogens is 2. The average molecular weight is 514 g/mol. The SMILES string of the molecule is O=C(CN(CCN1CCCC1)C(=O)c1ccccc1Cl)N(Cc1ccc(F)cc1)Cc1cccs1. The van der Waals surface area contributed by atoms with E-state index in [0.29, 0.717) is 36.8 Å². The zero-order valence-corrected chi connectivity index (χ0v) is 21.1. The molecule has 2 amide bonds. The largest absolute Gasteiger partial charge is 0.332 e. The van der Waals surface area contributed by atoms with Crippen LogP contribution in [0.3, 0.4) is 0 Å². The number of benzene rings is 2. The highest BCUT2D eigenvalue weighted by Gasteiger charge is 2.25. The van der Waals surface area contributed by atoms with E-state index in [2.05, 4.69) is 4.90 Å². The van der Waals surface area contributed by atoms with Gasteiger partial charge in [0.1, 0.15) is 12.4 Å². The topological polar surface area (TPSA) is 43.9 Å². The molecule has 35 heavy (non-hydrogen) atoms. The zero-order valence-electron chi connectivity index (χ0n) is 19.5. The second kappa shape index (κ2) is 12.3. The Kier molecular flexibility index (Phi) is 8.90. The van der Waals surface area contributed by atoms with Gasteiger partial charge in [0.15, 0.2) is 0 Å². The van der Waals surface area contributed by atoms with Gasteiger partial charge in [0, 0.05) is 24.5 Å². The first-order valence-corrected chi connectivity index (χ1v) is 13.1. The predicted octanol–water partition coefficient (Wildman–Crippen LogP) is 5.31. The summed E-state index contributed by atoms with van der Waals surface area (Å²) in [7, 11) is 0. The number of rotatable bonds is 10. The molecular formula is C27H29ClFN3O2S. The van der Waals surface area contributed by atoms with E-state index in [9.17, 15) is 14.0 Å². The van der Waals surface area contributed by atoms with Gasteiger partial charge < -0.3 is 14.7 Å². The molecule has 0 radical (unpaired) electrons. The van der Waals surface area contributed by atoms with Crippen molar-refractivity contribution >= 4 is 34.8 Å². The first-order chi connectivity index (χ1) is 17.0. The summed E-state index contributed by atoms with van der Waals surface area (Å²) in [6.07, 6.45) is 2.31. The normalized spacial score (nSPS) is 13.7. The fourth-order valence-corrected chi connectivity index (χ4v) is 5.16. The highest BCUT2D eigenvalue weighted by Crippen LogP contribution is 2.19. The zero-order chi connectivity index (χ0) is 24.6. The number of carbonyl (C=O) groups is 2. The molecule has 8 heteroatoms. The van der Waals surface area contributed by atoms with E-state index in [0.717, 1.165) is 36.4 Å². The molecule has 0 aliphatic carbocycles. The lowest BCUT2D eigenvalue weighted by Gasteiger charge is -2.29. The van der Waals surface area contributed by atoms with E-state index in [4.69, 9.17) is 11.6 Å². The van der Waals surface area contributed by atoms with Crippen molar-refractivity contribution in [2.45, 2.75) is 25.9 Å². The molecular weight excluding hydrogens is 485 g/mol. The molecule has 0 unspecified atom stereocenters. The maximum atomic E-state index is 13.6. The molecule has 4 rings (SSSR count). The Morgan fingerprint density at radius 3 is 2.37 bits per heavy atom. The van der Waals surface area contributed by atoms with Crippen molar-refractivity contribution in [2.24, 2.45) is 0 Å². The van der Waals surface area contributed by atoms with E-state index in [-0.39, 0.29) is 24.2 Å². The Morgan fingerprint density at radius 2 is 1.69 bits per heavy atom. The van der Waals surface area contributed by atoms with Crippen LogP contribution in [0.15, 0.2) is 66.0 Å². The summed E-state index contributed by atoms with van der Waals surface area (Å²) in [4.78, 5) is 33.7. The van der Waals surface area contributed by atoms with Crippen LogP contribution >= 0.6 is 22.9 Å². The molecule has 1 saturated heterocycles. The van der Waals surface area contributed by atoms with Crippen LogP contribution in [0.2, 0.25) is 5.02 Å². The van der Waals surface area contributed by atoms with Crippen LogP contribution in [0, 0.1) is 5.82 Å². The third-order valence-corrected chi connectivity index (χ3v) is 7.36. The Bertz CT molecular complexity index is 1120. The monoisotopic (exact) mass is 513 g/mol. The standard InChI is InChI=1S/C27H29ClFN3O2S/c28-25-8-2-1-7-24(25)27(34)31(16-15-30-13-3-4-14-30)20-26(33)32(19-23-6-5-17-35-23)18-21-9-11-22(29)12-10-21/h1-2,5-12,17H,3-4,13-16,18-20H2. The predicted molar refractivity (Wildman–Crippen MR) is 138 cm³/mol. The molecule has 1 aliphatic rings. The summed E-state index contributed by atoms with van der Waals surface area (Å²) in [5, 5.41) is 2.34. The molecule has 2 heterocycles. The Morgan fingerprint density at radius 1 is 0.943 bits per heavy atom. The fraction of sp³-hybridized carbons (Fsp3) is 0.333. The number of amides is 2. The van der Waals surface area contributed by atoms with E-state index in [1.54, 1.807) is 57.5 Å². The summed E-state index contributed by atoms with van der Waals surface area (Å²) in [6, 6.07) is 17.0. The van der Waals surface area contributed by atoms with Crippen molar-refractivity contribution in [3.63, 3.8) is 0 Å². The van der Waals surface area contributed by atoms with Crippen molar-refractivity contribution < 1.29 is 14.0 Å². The first kappa shape index (κ1) is 25.4. The minimum absolute atomic E-state index is 0.0511. The molecule has 184 valence electrons. The number of nitrogens with zero attached hydrogens (tertiary/aromatic N) is 3. The second-order valence-corrected chi connectivity index (χ2v) is 10.2. The number of hydrogen-bond acceptors (Lipinski definition) is 4. The van der Waals surface area contributed by atoms with Crippen molar-refractivity contribution in [3.05, 3.63) is 92.9 Å². The Hall–Kier alpha value is -2.74. The van der Waals surface area contributed by atoms with Gasteiger partial charge in [-0.3, -0.25) is 9.59 Å². The van der Waals surface area contributed by atoms with Crippen LogP contribution in [-0.2, 0) is 17.9 Å². The van der Waals surface area contributed by atoms with Crippen LogP contribution in [0.4, 0.5) is 4.39 Å². The maximum Gasteiger partial charge on any atom is 0.255 e. The average Bonchev–Trinajstić information content (AvgIpc) is 3.57. The summed E-state index contributed by atoms with van der Waals surface area (Å²) >= 11 is 7.90. The molecule has 0 saturated carbocycles. The highest BCUT2D eigenvalue weighted by atomic mass is 35.5. The fourth-order valence-electron chi connectivity index (χ4n) is 4.22. The lowest BCUT2D eigenvalue weighted by molar-refractivity contribution is -0.133. The van der Waals surface area contributed by atoms with Gasteiger partial charge in [-0.05, 0) is 67.2 Å². The van der Waals surface area contributed by atoms with Gasteiger partial charge >= 0.3 is 0 Å². The summed E-state index contributed by atoms with van der Waals surface area (Å²) in [6.45, 7) is 3.88. The van der Waals surface area contributed by atoms with Crippen LogP contribution in [-0.4, -0.2) is 59.2 Å². The molecule has 1 fully saturated rings. The van der Waals surface area contributed by atoms with Gasteiger partial charge in [-0.15, -0.1) is 11.3 Å². The van der Waals surface area contributed by atoms with Crippen molar-refractivity contribution in [1.29, 1.82) is 0 Å². The van der Waals surface area contributed by atoms with Crippen LogP contribution in [0.25, 0.3) is 0 Å². The van der Waals surface area contributed by atoms with Crippen molar-refractivity contribution in [2.75, 3.05) is 32.7 Å². The number of hydrogen-bond donors (Lipinski definition) is 0. The lowest BCUT2D eigenvalue weighted by Crippen LogP contribution is -2.45. The van der Waals surface area contributed by atoms with Crippen LogP contribution < -0.4 is 0 Å². The smallest absolute Gasteiger partial charge is 0.255 e. The number of likely N-dealkylation sites (tertiary alicyclic amines) is 1. The quantitative estimate of drug-likeness (QED) is 0.369. The first-order valence-electron chi connectivity index (χ1n) is 11.8. The maximum absolute atomic E-state index is 13.6. The van der Waals surface area contributed by atoms with Gasteiger partial charge in [0.25, 0.3) is 5.91 Å². The minimum atomic E-state index is -0.316. The molecule has 1 aliphatic heterocycles. The number of thiophene rings is 1. The molecule has 1 aromatic heterocycles. The van der Waals surface area contributed by atoms with Crippen LogP contribution in [0.5, 0.6) is 0 Å².